The molecule has 2 amide bonds. The summed E-state index contributed by atoms with van der Waals surface area (Å²) in [6, 6.07) is 15.8. The van der Waals surface area contributed by atoms with Crippen LogP contribution in [0, 0.1) is 0 Å². The van der Waals surface area contributed by atoms with Crippen LogP contribution in [0.5, 0.6) is 0 Å². The number of nitrogens with zero attached hydrogens (tertiary/aromatic N) is 2. The number of benzene rings is 2. The molecule has 4 rings (SSSR count). The molecule has 3 aromatic rings. The summed E-state index contributed by atoms with van der Waals surface area (Å²) in [6.45, 7) is 0.666. The molecule has 0 aliphatic carbocycles. The predicted molar refractivity (Wildman–Crippen MR) is 114 cm³/mol. The number of hydrogen-bond donors (Lipinski definition) is 3. The van der Waals surface area contributed by atoms with Crippen molar-refractivity contribution in [2.24, 2.45) is 0 Å². The van der Waals surface area contributed by atoms with Crippen molar-refractivity contribution in [2.75, 3.05) is 5.32 Å². The van der Waals surface area contributed by atoms with Gasteiger partial charge >= 0.3 is 6.03 Å². The Bertz CT molecular complexity index is 1150. The van der Waals surface area contributed by atoms with E-state index in [1.807, 2.05) is 30.3 Å². The highest BCUT2D eigenvalue weighted by Crippen LogP contribution is 2.30. The van der Waals surface area contributed by atoms with E-state index >= 15 is 0 Å². The van der Waals surface area contributed by atoms with Crippen molar-refractivity contribution in [2.45, 2.75) is 25.4 Å². The number of H-pyrrole nitrogens is 1. The summed E-state index contributed by atoms with van der Waals surface area (Å²) in [6.07, 6.45) is 0. The first-order valence-electron chi connectivity index (χ1n) is 9.28. The lowest BCUT2D eigenvalue weighted by Gasteiger charge is -2.16. The van der Waals surface area contributed by atoms with E-state index in [-0.39, 0.29) is 18.8 Å². The molecule has 0 fully saturated rings. The van der Waals surface area contributed by atoms with E-state index in [2.05, 4.69) is 20.8 Å². The summed E-state index contributed by atoms with van der Waals surface area (Å²) in [5.41, 5.74) is 2.92. The van der Waals surface area contributed by atoms with E-state index in [9.17, 15) is 13.2 Å². The van der Waals surface area contributed by atoms with Gasteiger partial charge in [-0.25, -0.2) is 13.2 Å². The van der Waals surface area contributed by atoms with Gasteiger partial charge in [0.2, 0.25) is 10.0 Å². The molecule has 10 heteroatoms. The molecule has 0 unspecified atom stereocenters. The molecule has 0 radical (unpaired) electrons. The Morgan fingerprint density at radius 3 is 2.53 bits per heavy atom. The lowest BCUT2D eigenvalue weighted by Crippen LogP contribution is -2.29. The quantitative estimate of drug-likeness (QED) is 0.541. The Labute approximate surface area is 179 Å². The molecule has 3 N–H and O–H groups in total. The van der Waals surface area contributed by atoms with Crippen LogP contribution in [0.25, 0.3) is 0 Å². The number of sulfonamides is 1. The van der Waals surface area contributed by atoms with Gasteiger partial charge in [-0.3, -0.25) is 10.4 Å². The Morgan fingerprint density at radius 1 is 1.07 bits per heavy atom. The van der Waals surface area contributed by atoms with Gasteiger partial charge in [-0.1, -0.05) is 54.1 Å². The van der Waals surface area contributed by atoms with Crippen LogP contribution in [0.3, 0.4) is 0 Å². The third-order valence-electron chi connectivity index (χ3n) is 4.80. The van der Waals surface area contributed by atoms with Crippen molar-refractivity contribution in [3.8, 4) is 0 Å². The second kappa shape index (κ2) is 8.47. The normalized spacial score (nSPS) is 13.8. The maximum Gasteiger partial charge on any atom is 0.320 e. The minimum absolute atomic E-state index is 0.0772. The molecule has 0 bridgehead atoms. The molecule has 0 atom stereocenters. The molecule has 0 spiro atoms. The number of rotatable bonds is 6. The number of hydrogen-bond acceptors (Lipinski definition) is 4. The van der Waals surface area contributed by atoms with Crippen LogP contribution in [0.4, 0.5) is 10.6 Å². The van der Waals surface area contributed by atoms with Crippen molar-refractivity contribution < 1.29 is 13.2 Å². The molecule has 1 aliphatic heterocycles. The van der Waals surface area contributed by atoms with Crippen LogP contribution in [0.15, 0.2) is 54.6 Å². The van der Waals surface area contributed by atoms with Gasteiger partial charge in [0, 0.05) is 23.7 Å². The van der Waals surface area contributed by atoms with E-state index in [1.54, 1.807) is 24.3 Å². The summed E-state index contributed by atoms with van der Waals surface area (Å²) in [4.78, 5) is 12.2. The molecule has 8 nitrogen and oxygen atoms in total. The smallest absolute Gasteiger partial charge is 0.320 e. The monoisotopic (exact) mass is 445 g/mol. The average molecular weight is 446 g/mol. The lowest BCUT2D eigenvalue weighted by atomic mass is 10.2. The zero-order valence-corrected chi connectivity index (χ0v) is 17.5. The van der Waals surface area contributed by atoms with Gasteiger partial charge < -0.3 is 5.32 Å². The van der Waals surface area contributed by atoms with Crippen LogP contribution in [0.2, 0.25) is 5.02 Å². The number of carbonyl (C=O) groups excluding carboxylic acids is 1. The molecule has 30 heavy (non-hydrogen) atoms. The largest absolute Gasteiger partial charge is 0.334 e. The van der Waals surface area contributed by atoms with Gasteiger partial charge in [-0.2, -0.15) is 9.40 Å². The van der Waals surface area contributed by atoms with Crippen LogP contribution in [-0.4, -0.2) is 29.0 Å². The number of nitrogens with one attached hydrogen (secondary N) is 3. The first-order chi connectivity index (χ1) is 14.4. The number of anilines is 1. The van der Waals surface area contributed by atoms with E-state index in [1.165, 1.54) is 4.31 Å². The van der Waals surface area contributed by atoms with Crippen molar-refractivity contribution in [1.82, 2.24) is 19.8 Å². The van der Waals surface area contributed by atoms with Crippen molar-refractivity contribution in [1.29, 1.82) is 0 Å². The minimum atomic E-state index is -3.51. The number of halogens is 1. The highest BCUT2D eigenvalue weighted by Gasteiger charge is 2.33. The first kappa shape index (κ1) is 20.4. The maximum absolute atomic E-state index is 12.8. The lowest BCUT2D eigenvalue weighted by molar-refractivity contribution is 0.251. The topological polar surface area (TPSA) is 107 Å². The Morgan fingerprint density at radius 2 is 1.80 bits per heavy atom. The van der Waals surface area contributed by atoms with Crippen molar-refractivity contribution in [3.63, 3.8) is 0 Å². The molecule has 1 aromatic heterocycles. The summed E-state index contributed by atoms with van der Waals surface area (Å²) in [5, 5.41) is 13.0. The second-order valence-electron chi connectivity index (χ2n) is 6.97. The molecule has 2 aromatic carbocycles. The van der Waals surface area contributed by atoms with Gasteiger partial charge in [-0.05, 0) is 23.3 Å². The minimum Gasteiger partial charge on any atom is -0.334 e. The number of fused-ring (bicyclic) bond motifs is 1. The standard InChI is InChI=1S/C20H20ClN5O3S/c21-16-8-6-14(7-9-16)10-22-20(27)23-19-17-11-26(12-18(17)24-25-19)30(28,29)13-15-4-2-1-3-5-15/h1-9H,10-13H2,(H3,22,23,24,25,27). The van der Waals surface area contributed by atoms with Crippen LogP contribution < -0.4 is 10.6 Å². The van der Waals surface area contributed by atoms with Gasteiger partial charge in [0.25, 0.3) is 0 Å². The summed E-state index contributed by atoms with van der Waals surface area (Å²) in [7, 11) is -3.51. The fraction of sp³-hybridized carbons (Fsp3) is 0.200. The third-order valence-corrected chi connectivity index (χ3v) is 6.80. The fourth-order valence-corrected chi connectivity index (χ4v) is 4.79. The molecular weight excluding hydrogens is 426 g/mol. The van der Waals surface area contributed by atoms with E-state index in [0.29, 0.717) is 28.6 Å². The third kappa shape index (κ3) is 4.64. The highest BCUT2D eigenvalue weighted by atomic mass is 35.5. The number of aromatic nitrogens is 2. The Kier molecular flexibility index (Phi) is 5.76. The molecule has 0 saturated heterocycles. The Balaban J connectivity index is 1.37. The predicted octanol–water partition coefficient (Wildman–Crippen LogP) is 3.23. The fourth-order valence-electron chi connectivity index (χ4n) is 3.22. The molecule has 1 aliphatic rings. The SMILES string of the molecule is O=C(NCc1ccc(Cl)cc1)Nc1[nH]nc2c1CN(S(=O)(=O)Cc1ccccc1)C2. The highest BCUT2D eigenvalue weighted by molar-refractivity contribution is 7.88. The Hall–Kier alpha value is -2.88. The number of aromatic amines is 1. The zero-order chi connectivity index (χ0) is 21.1. The molecule has 2 heterocycles. The van der Waals surface area contributed by atoms with Crippen LogP contribution >= 0.6 is 11.6 Å². The van der Waals surface area contributed by atoms with Crippen LogP contribution in [-0.2, 0) is 35.4 Å². The average Bonchev–Trinajstić information content (AvgIpc) is 3.31. The number of urea groups is 1. The van der Waals surface area contributed by atoms with Gasteiger partial charge in [-0.15, -0.1) is 0 Å². The number of amides is 2. The molecule has 0 saturated carbocycles. The zero-order valence-electron chi connectivity index (χ0n) is 15.9. The second-order valence-corrected chi connectivity index (χ2v) is 9.37. The molecule has 156 valence electrons. The van der Waals surface area contributed by atoms with Crippen molar-refractivity contribution >= 4 is 33.5 Å². The van der Waals surface area contributed by atoms with E-state index < -0.39 is 16.1 Å². The summed E-state index contributed by atoms with van der Waals surface area (Å²) >= 11 is 5.85. The molecular formula is C20H20ClN5O3S. The van der Waals surface area contributed by atoms with E-state index in [4.69, 9.17) is 11.6 Å². The van der Waals surface area contributed by atoms with Gasteiger partial charge in [0.15, 0.2) is 0 Å². The maximum atomic E-state index is 12.8. The summed E-state index contributed by atoms with van der Waals surface area (Å²) < 4.78 is 26.9. The van der Waals surface area contributed by atoms with Crippen molar-refractivity contribution in [3.05, 3.63) is 82.0 Å². The van der Waals surface area contributed by atoms with Gasteiger partial charge in [0.1, 0.15) is 5.82 Å². The summed E-state index contributed by atoms with van der Waals surface area (Å²) in [5.74, 6) is 0.322. The first-order valence-corrected chi connectivity index (χ1v) is 11.3. The number of carbonyl (C=O) groups is 1. The van der Waals surface area contributed by atoms with E-state index in [0.717, 1.165) is 11.1 Å². The van der Waals surface area contributed by atoms with Crippen LogP contribution in [0.1, 0.15) is 22.4 Å². The van der Waals surface area contributed by atoms with Gasteiger partial charge in [0.05, 0.1) is 18.0 Å².